The summed E-state index contributed by atoms with van der Waals surface area (Å²) >= 11 is 0. The van der Waals surface area contributed by atoms with Crippen LogP contribution in [0.15, 0.2) is 0 Å². The summed E-state index contributed by atoms with van der Waals surface area (Å²) in [5.41, 5.74) is 0. The van der Waals surface area contributed by atoms with Gasteiger partial charge in [-0.15, -0.1) is 0 Å². The molecule has 0 heterocycles. The molecule has 0 aliphatic heterocycles. The third-order valence-corrected chi connectivity index (χ3v) is 0. The van der Waals surface area contributed by atoms with Crippen molar-refractivity contribution in [2.24, 2.45) is 0 Å². The van der Waals surface area contributed by atoms with Crippen LogP contribution in [0.25, 0.3) is 0 Å². The maximum absolute atomic E-state index is 0. The van der Waals surface area contributed by atoms with Crippen molar-refractivity contribution in [2.45, 2.75) is 0 Å². The van der Waals surface area contributed by atoms with Gasteiger partial charge in [0.25, 0.3) is 0 Å². The van der Waals surface area contributed by atoms with Crippen molar-refractivity contribution in [1.82, 2.24) is 0 Å². The van der Waals surface area contributed by atoms with Gasteiger partial charge >= 0.3 is 0 Å². The summed E-state index contributed by atoms with van der Waals surface area (Å²) in [7, 11) is 0. The number of hydrogen-bond acceptors (Lipinski definition) is 0. The van der Waals surface area contributed by atoms with Crippen LogP contribution in [0.1, 0.15) is 0 Å². The van der Waals surface area contributed by atoms with Crippen molar-refractivity contribution in [3.05, 3.63) is 0 Å². The zero-order valence-electron chi connectivity index (χ0n) is 1.56. The van der Waals surface area contributed by atoms with Crippen molar-refractivity contribution in [2.75, 3.05) is 0 Å². The van der Waals surface area contributed by atoms with Gasteiger partial charge in [0.1, 0.15) is 0 Å². The first-order valence-corrected chi connectivity index (χ1v) is 0. The van der Waals surface area contributed by atoms with Gasteiger partial charge in [-0.3, -0.25) is 0 Å². The standard InChI is InChI=1S/Co.Ni.Ti.W. The molecule has 0 aromatic carbocycles. The molecule has 0 unspecified atom stereocenters. The van der Waals surface area contributed by atoms with E-state index < -0.39 is 0 Å². The topological polar surface area (TPSA) is 0 Å². The molecule has 0 aromatic heterocycles. The van der Waals surface area contributed by atoms with Crippen molar-refractivity contribution >= 4 is 0 Å². The fourth-order valence-electron chi connectivity index (χ4n) is 0. The van der Waals surface area contributed by atoms with Crippen molar-refractivity contribution < 1.29 is 76.1 Å². The fraction of sp³-hybridized carbons (Fsp3) is 0. The molecular formula is CoNiTiW. The summed E-state index contributed by atoms with van der Waals surface area (Å²) < 4.78 is 0. The van der Waals surface area contributed by atoms with Gasteiger partial charge in [0, 0.05) is 76.1 Å². The SMILES string of the molecule is [Co].[Ni].[Ti].[W]. The van der Waals surface area contributed by atoms with Gasteiger partial charge in [-0.2, -0.15) is 0 Å². The van der Waals surface area contributed by atoms with Gasteiger partial charge < -0.3 is 0 Å². The van der Waals surface area contributed by atoms with Crippen LogP contribution in [0, 0.1) is 0 Å². The monoisotopic (exact) mass is 349 g/mol. The van der Waals surface area contributed by atoms with E-state index in [1.165, 1.54) is 0 Å². The average molecular weight is 349 g/mol. The Morgan fingerprint density at radius 3 is 1.00 bits per heavy atom. The smallest absolute Gasteiger partial charge is 0 e. The molecule has 0 saturated heterocycles. The Bertz CT molecular complexity index is 8.00. The maximum atomic E-state index is 0. The van der Waals surface area contributed by atoms with Crippen molar-refractivity contribution in [3.8, 4) is 0 Å². The Morgan fingerprint density at radius 2 is 1.00 bits per heavy atom. The molecule has 29 valence electrons. The predicted octanol–water partition coefficient (Wildman–Crippen LogP) is -0.0100. The van der Waals surface area contributed by atoms with Gasteiger partial charge in [0.05, 0.1) is 0 Å². The zero-order valence-corrected chi connectivity index (χ0v) is 8.08. The molecule has 0 fully saturated rings. The molecule has 4 heavy (non-hydrogen) atoms. The molecule has 0 amide bonds. The van der Waals surface area contributed by atoms with Crippen LogP contribution in [-0.4, -0.2) is 0 Å². The third-order valence-electron chi connectivity index (χ3n) is 0. The summed E-state index contributed by atoms with van der Waals surface area (Å²) in [5.74, 6) is 0. The van der Waals surface area contributed by atoms with E-state index in [1.54, 1.807) is 0 Å². The molecule has 0 nitrogen and oxygen atoms in total. The van der Waals surface area contributed by atoms with E-state index in [0.29, 0.717) is 0 Å². The molecule has 0 spiro atoms. The molecule has 0 aromatic rings. The largest absolute Gasteiger partial charge is 0 e. The summed E-state index contributed by atoms with van der Waals surface area (Å²) in [6.45, 7) is 0. The Hall–Kier alpha value is 2.40. The minimum absolute atomic E-state index is 0. The first kappa shape index (κ1) is 32.4. The maximum Gasteiger partial charge on any atom is 0 e. The number of rotatable bonds is 0. The third kappa shape index (κ3) is 8.83. The summed E-state index contributed by atoms with van der Waals surface area (Å²) in [6.07, 6.45) is 0. The zero-order chi connectivity index (χ0) is 0. The molecular weight excluding hydrogens is 349 g/mol. The molecule has 4 heteroatoms. The second-order valence-electron chi connectivity index (χ2n) is 0. The average Bonchev–Trinajstić information content (AvgIpc) is 0. The van der Waals surface area contributed by atoms with E-state index >= 15 is 0 Å². The van der Waals surface area contributed by atoms with E-state index in [2.05, 4.69) is 0 Å². The van der Waals surface area contributed by atoms with E-state index in [4.69, 9.17) is 0 Å². The molecule has 0 N–H and O–H groups in total. The van der Waals surface area contributed by atoms with Crippen LogP contribution in [0.5, 0.6) is 0 Å². The number of hydrogen-bond donors (Lipinski definition) is 0. The minimum atomic E-state index is 0. The van der Waals surface area contributed by atoms with Crippen LogP contribution >= 0.6 is 0 Å². The van der Waals surface area contributed by atoms with Gasteiger partial charge in [0.15, 0.2) is 0 Å². The Morgan fingerprint density at radius 1 is 1.00 bits per heavy atom. The Balaban J connectivity index is 0. The van der Waals surface area contributed by atoms with Crippen molar-refractivity contribution in [3.63, 3.8) is 0 Å². The molecule has 0 bridgehead atoms. The minimum Gasteiger partial charge on any atom is 0 e. The van der Waals surface area contributed by atoms with Crippen molar-refractivity contribution in [1.29, 1.82) is 0 Å². The van der Waals surface area contributed by atoms with Crippen LogP contribution < -0.4 is 0 Å². The van der Waals surface area contributed by atoms with E-state index in [0.717, 1.165) is 0 Å². The molecule has 0 aliphatic carbocycles. The Labute approximate surface area is 75.1 Å². The normalized spacial score (nSPS) is 0. The quantitative estimate of drug-likeness (QED) is 0.540. The fourth-order valence-corrected chi connectivity index (χ4v) is 0. The van der Waals surface area contributed by atoms with Crippen LogP contribution in [0.2, 0.25) is 0 Å². The van der Waals surface area contributed by atoms with Gasteiger partial charge in [-0.1, -0.05) is 0 Å². The van der Waals surface area contributed by atoms with Crippen LogP contribution in [0.4, 0.5) is 0 Å². The van der Waals surface area contributed by atoms with E-state index in [-0.39, 0.29) is 76.1 Å². The van der Waals surface area contributed by atoms with Gasteiger partial charge in [-0.05, 0) is 0 Å². The molecule has 0 rings (SSSR count). The van der Waals surface area contributed by atoms with Gasteiger partial charge in [-0.25, -0.2) is 0 Å². The summed E-state index contributed by atoms with van der Waals surface area (Å²) in [4.78, 5) is 0. The van der Waals surface area contributed by atoms with E-state index in [9.17, 15) is 0 Å². The molecule has 0 saturated carbocycles. The first-order chi connectivity index (χ1) is 0. The van der Waals surface area contributed by atoms with Crippen LogP contribution in [-0.2, 0) is 76.1 Å². The summed E-state index contributed by atoms with van der Waals surface area (Å²) in [6, 6.07) is 0. The van der Waals surface area contributed by atoms with Crippen LogP contribution in [0.3, 0.4) is 0 Å². The first-order valence-electron chi connectivity index (χ1n) is 0. The van der Waals surface area contributed by atoms with Gasteiger partial charge in [0.2, 0.25) is 0 Å². The van der Waals surface area contributed by atoms with E-state index in [1.807, 2.05) is 0 Å². The second-order valence-corrected chi connectivity index (χ2v) is 0. The molecule has 1 radical (unpaired) electrons. The molecule has 0 aliphatic rings. The second kappa shape index (κ2) is 18.1. The predicted molar refractivity (Wildman–Crippen MR) is 0 cm³/mol. The summed E-state index contributed by atoms with van der Waals surface area (Å²) in [5, 5.41) is 0. The molecule has 0 atom stereocenters. The Kier molecular flexibility index (Phi) is 147.